The van der Waals surface area contributed by atoms with Gasteiger partial charge in [0.15, 0.2) is 0 Å². The molecule has 0 saturated carbocycles. The maximum absolute atomic E-state index is 12.4. The Morgan fingerprint density at radius 2 is 2.05 bits per heavy atom. The van der Waals surface area contributed by atoms with Crippen molar-refractivity contribution in [2.24, 2.45) is 5.41 Å². The topological polar surface area (TPSA) is 41.4 Å². The van der Waals surface area contributed by atoms with Crippen molar-refractivity contribution >= 4 is 5.91 Å². The zero-order valence-electron chi connectivity index (χ0n) is 13.4. The second kappa shape index (κ2) is 5.44. The summed E-state index contributed by atoms with van der Waals surface area (Å²) >= 11 is 0. The van der Waals surface area contributed by atoms with Crippen molar-refractivity contribution in [3.05, 3.63) is 18.2 Å². The Hall–Kier alpha value is -1.36. The Kier molecular flexibility index (Phi) is 3.78. The lowest BCUT2D eigenvalue weighted by molar-refractivity contribution is -0.128. The second-order valence-corrected chi connectivity index (χ2v) is 7.07. The number of rotatable bonds is 3. The van der Waals surface area contributed by atoms with E-state index in [0.717, 1.165) is 44.7 Å². The average Bonchev–Trinajstić information content (AvgIpc) is 3.00. The predicted molar refractivity (Wildman–Crippen MR) is 81.8 cm³/mol. The molecule has 116 valence electrons. The summed E-state index contributed by atoms with van der Waals surface area (Å²) in [5.41, 5.74) is 0.221. The van der Waals surface area contributed by atoms with Gasteiger partial charge in [-0.05, 0) is 52.2 Å². The van der Waals surface area contributed by atoms with E-state index in [1.807, 2.05) is 17.3 Å². The van der Waals surface area contributed by atoms with E-state index in [1.54, 1.807) is 0 Å². The molecule has 2 aliphatic rings. The standard InChI is InChI=1S/C16H26N4O/c1-13(2)20-9-6-17-14(20)11-19-12-16(10-15(19)21)4-7-18(3)8-5-16/h6,9,13H,4-5,7-8,10-12H2,1-3H3. The van der Waals surface area contributed by atoms with Crippen molar-refractivity contribution in [1.29, 1.82) is 0 Å². The summed E-state index contributed by atoms with van der Waals surface area (Å²) in [4.78, 5) is 21.2. The molecule has 0 N–H and O–H groups in total. The quantitative estimate of drug-likeness (QED) is 0.854. The molecular weight excluding hydrogens is 264 g/mol. The Morgan fingerprint density at radius 3 is 2.71 bits per heavy atom. The van der Waals surface area contributed by atoms with Crippen LogP contribution in [0.5, 0.6) is 0 Å². The van der Waals surface area contributed by atoms with Gasteiger partial charge in [0.25, 0.3) is 0 Å². The molecule has 5 nitrogen and oxygen atoms in total. The molecule has 2 fully saturated rings. The number of carbonyl (C=O) groups is 1. The van der Waals surface area contributed by atoms with Crippen LogP contribution in [0.15, 0.2) is 12.4 Å². The van der Waals surface area contributed by atoms with Crippen LogP contribution in [0, 0.1) is 5.41 Å². The van der Waals surface area contributed by atoms with E-state index in [9.17, 15) is 4.79 Å². The second-order valence-electron chi connectivity index (χ2n) is 7.07. The molecule has 1 amide bonds. The van der Waals surface area contributed by atoms with Gasteiger partial charge in [0, 0.05) is 31.4 Å². The van der Waals surface area contributed by atoms with Crippen molar-refractivity contribution in [2.75, 3.05) is 26.7 Å². The number of aromatic nitrogens is 2. The molecule has 0 radical (unpaired) electrons. The fraction of sp³-hybridized carbons (Fsp3) is 0.750. The minimum atomic E-state index is 0.221. The first-order chi connectivity index (χ1) is 9.99. The lowest BCUT2D eigenvalue weighted by Gasteiger charge is -2.37. The van der Waals surface area contributed by atoms with Crippen molar-refractivity contribution in [1.82, 2.24) is 19.4 Å². The third kappa shape index (κ3) is 2.84. The summed E-state index contributed by atoms with van der Waals surface area (Å²) in [7, 11) is 2.17. The van der Waals surface area contributed by atoms with Crippen LogP contribution in [0.1, 0.15) is 45.0 Å². The molecule has 1 aromatic heterocycles. The van der Waals surface area contributed by atoms with Crippen molar-refractivity contribution in [3.8, 4) is 0 Å². The molecule has 21 heavy (non-hydrogen) atoms. The summed E-state index contributed by atoms with van der Waals surface area (Å²) < 4.78 is 2.16. The van der Waals surface area contributed by atoms with E-state index in [-0.39, 0.29) is 5.41 Å². The van der Waals surface area contributed by atoms with Crippen LogP contribution in [0.2, 0.25) is 0 Å². The smallest absolute Gasteiger partial charge is 0.223 e. The molecule has 2 saturated heterocycles. The van der Waals surface area contributed by atoms with Gasteiger partial charge in [0.1, 0.15) is 5.82 Å². The molecule has 0 atom stereocenters. The van der Waals surface area contributed by atoms with Gasteiger partial charge in [-0.15, -0.1) is 0 Å². The van der Waals surface area contributed by atoms with Crippen molar-refractivity contribution in [2.45, 2.75) is 45.7 Å². The van der Waals surface area contributed by atoms with Gasteiger partial charge in [-0.25, -0.2) is 4.98 Å². The lowest BCUT2D eigenvalue weighted by atomic mass is 9.78. The van der Waals surface area contributed by atoms with Crippen molar-refractivity contribution < 1.29 is 4.79 Å². The molecule has 3 heterocycles. The van der Waals surface area contributed by atoms with Crippen molar-refractivity contribution in [3.63, 3.8) is 0 Å². The fourth-order valence-electron chi connectivity index (χ4n) is 3.66. The van der Waals surface area contributed by atoms with Gasteiger partial charge in [-0.2, -0.15) is 0 Å². The number of piperidine rings is 1. The van der Waals surface area contributed by atoms with Crippen LogP contribution >= 0.6 is 0 Å². The molecule has 1 spiro atoms. The number of imidazole rings is 1. The highest BCUT2D eigenvalue weighted by Gasteiger charge is 2.44. The maximum Gasteiger partial charge on any atom is 0.223 e. The van der Waals surface area contributed by atoms with Gasteiger partial charge in [0.2, 0.25) is 5.91 Å². The minimum Gasteiger partial charge on any atom is -0.335 e. The zero-order chi connectivity index (χ0) is 15.0. The Bertz CT molecular complexity index is 514. The predicted octanol–water partition coefficient (Wildman–Crippen LogP) is 1.91. The third-order valence-corrected chi connectivity index (χ3v) is 5.09. The number of amides is 1. The largest absolute Gasteiger partial charge is 0.335 e. The monoisotopic (exact) mass is 290 g/mol. The number of nitrogens with zero attached hydrogens (tertiary/aromatic N) is 4. The molecular formula is C16H26N4O. The minimum absolute atomic E-state index is 0.221. The van der Waals surface area contributed by atoms with Crippen LogP contribution in [0.25, 0.3) is 0 Å². The van der Waals surface area contributed by atoms with Gasteiger partial charge < -0.3 is 14.4 Å². The Balaban J connectivity index is 1.70. The fourth-order valence-corrected chi connectivity index (χ4v) is 3.66. The Morgan fingerprint density at radius 1 is 1.33 bits per heavy atom. The SMILES string of the molecule is CC(C)n1ccnc1CN1CC2(CCN(C)CC2)CC1=O. The molecule has 1 aromatic rings. The molecule has 0 unspecified atom stereocenters. The number of hydrogen-bond donors (Lipinski definition) is 0. The van der Waals surface area contributed by atoms with Crippen LogP contribution < -0.4 is 0 Å². The molecule has 2 aliphatic heterocycles. The van der Waals surface area contributed by atoms with Gasteiger partial charge in [-0.1, -0.05) is 0 Å². The van der Waals surface area contributed by atoms with Crippen LogP contribution in [-0.4, -0.2) is 51.9 Å². The number of hydrogen-bond acceptors (Lipinski definition) is 3. The first kappa shape index (κ1) is 14.6. The average molecular weight is 290 g/mol. The highest BCUT2D eigenvalue weighted by Crippen LogP contribution is 2.41. The van der Waals surface area contributed by atoms with E-state index in [4.69, 9.17) is 0 Å². The lowest BCUT2D eigenvalue weighted by Crippen LogP contribution is -2.39. The highest BCUT2D eigenvalue weighted by atomic mass is 16.2. The summed E-state index contributed by atoms with van der Waals surface area (Å²) in [6.45, 7) is 8.08. The van der Waals surface area contributed by atoms with E-state index in [1.165, 1.54) is 0 Å². The van der Waals surface area contributed by atoms with Crippen LogP contribution in [-0.2, 0) is 11.3 Å². The van der Waals surface area contributed by atoms with Crippen LogP contribution in [0.3, 0.4) is 0 Å². The van der Waals surface area contributed by atoms with Crippen LogP contribution in [0.4, 0.5) is 0 Å². The molecule has 0 bridgehead atoms. The first-order valence-corrected chi connectivity index (χ1v) is 7.97. The third-order valence-electron chi connectivity index (χ3n) is 5.09. The molecule has 3 rings (SSSR count). The number of carbonyl (C=O) groups excluding carboxylic acids is 1. The zero-order valence-corrected chi connectivity index (χ0v) is 13.4. The van der Waals surface area contributed by atoms with Gasteiger partial charge in [0.05, 0.1) is 6.54 Å². The van der Waals surface area contributed by atoms with E-state index in [0.29, 0.717) is 18.5 Å². The molecule has 5 heteroatoms. The molecule has 0 aromatic carbocycles. The van der Waals surface area contributed by atoms with E-state index >= 15 is 0 Å². The first-order valence-electron chi connectivity index (χ1n) is 7.97. The molecule has 0 aliphatic carbocycles. The Labute approximate surface area is 126 Å². The van der Waals surface area contributed by atoms with Gasteiger partial charge in [-0.3, -0.25) is 4.79 Å². The summed E-state index contributed by atoms with van der Waals surface area (Å²) in [5.74, 6) is 1.31. The normalized spacial score (nSPS) is 22.7. The van der Waals surface area contributed by atoms with E-state index < -0.39 is 0 Å². The summed E-state index contributed by atoms with van der Waals surface area (Å²) in [5, 5.41) is 0. The maximum atomic E-state index is 12.4. The summed E-state index contributed by atoms with van der Waals surface area (Å²) in [6.07, 6.45) is 6.85. The number of likely N-dealkylation sites (tertiary alicyclic amines) is 2. The van der Waals surface area contributed by atoms with Gasteiger partial charge >= 0.3 is 0 Å². The highest BCUT2D eigenvalue weighted by molar-refractivity contribution is 5.79. The summed E-state index contributed by atoms with van der Waals surface area (Å²) in [6, 6.07) is 0.387. The van der Waals surface area contributed by atoms with E-state index in [2.05, 4.69) is 35.3 Å².